The Kier molecular flexibility index (Phi) is 12.3. The molecule has 1 atom stereocenters. The number of carbonyl (C=O) groups excluding carboxylic acids is 4. The van der Waals surface area contributed by atoms with Crippen molar-refractivity contribution >= 4 is 40.2 Å². The molecule has 3 heterocycles. The van der Waals surface area contributed by atoms with Crippen molar-refractivity contribution in [2.75, 3.05) is 44.2 Å². The van der Waals surface area contributed by atoms with Gasteiger partial charge in [0.1, 0.15) is 47.9 Å². The Morgan fingerprint density at radius 1 is 0.738 bits per heavy atom. The molecular weight excluding hydrogens is 821 g/mol. The molecule has 3 aliphatic heterocycles. The van der Waals surface area contributed by atoms with Crippen LogP contribution >= 0.6 is 0 Å². The van der Waals surface area contributed by atoms with Crippen LogP contribution in [0.3, 0.4) is 0 Å². The van der Waals surface area contributed by atoms with Gasteiger partial charge in [0.25, 0.3) is 5.91 Å². The Hall–Kier alpha value is -7.18. The molecule has 0 bridgehead atoms. The minimum atomic E-state index is -0.623. The summed E-state index contributed by atoms with van der Waals surface area (Å²) in [4.78, 5) is 56.4. The normalized spacial score (nSPS) is 16.6. The van der Waals surface area contributed by atoms with Gasteiger partial charge in [-0.25, -0.2) is 4.79 Å². The van der Waals surface area contributed by atoms with E-state index in [1.807, 2.05) is 124 Å². The molecule has 6 aromatic carbocycles. The zero-order valence-corrected chi connectivity index (χ0v) is 36.9. The van der Waals surface area contributed by atoms with Crippen LogP contribution < -0.4 is 24.4 Å². The van der Waals surface area contributed by atoms with E-state index in [9.17, 15) is 19.2 Å². The smallest absolute Gasteiger partial charge is 0.338 e. The molecule has 12 nitrogen and oxygen atoms in total. The number of fused-ring (bicyclic) bond motifs is 2. The van der Waals surface area contributed by atoms with E-state index in [-0.39, 0.29) is 24.2 Å². The van der Waals surface area contributed by atoms with Crippen molar-refractivity contribution in [1.82, 2.24) is 15.1 Å². The van der Waals surface area contributed by atoms with Crippen LogP contribution in [0.4, 0.5) is 5.69 Å². The lowest BCUT2D eigenvalue weighted by Gasteiger charge is -2.36. The third kappa shape index (κ3) is 9.98. The molecule has 9 rings (SSSR count). The van der Waals surface area contributed by atoms with E-state index in [4.69, 9.17) is 18.9 Å². The van der Waals surface area contributed by atoms with Crippen LogP contribution in [-0.2, 0) is 27.5 Å². The average molecular weight is 873 g/mol. The molecule has 332 valence electrons. The molecule has 0 radical (unpaired) electrons. The number of esters is 1. The standard InChI is InChI=1S/C53H52N4O8/c1-53(2,3)65-52(61)37-11-9-36(10-12-37)44-20-13-38-32-43(63-34-35-7-5-4-6-8-35)19-22-45(38)49(44)64-42-17-15-41(16-18-42)62-30-29-55-25-27-56(28-26-55)40-14-21-46-39(31-40)33-57(51(46)60)47-23-24-48(58)54-50(47)59/h4-22,31-32,47H,23-30,33-34H2,1-3H3,(H,54,58,59). The summed E-state index contributed by atoms with van der Waals surface area (Å²) in [6.07, 6.45) is 0.583. The molecule has 2 fully saturated rings. The topological polar surface area (TPSA) is 127 Å². The van der Waals surface area contributed by atoms with Crippen molar-refractivity contribution in [3.8, 4) is 34.1 Å². The maximum Gasteiger partial charge on any atom is 0.338 e. The Morgan fingerprint density at radius 3 is 2.20 bits per heavy atom. The van der Waals surface area contributed by atoms with Crippen LogP contribution in [0.15, 0.2) is 127 Å². The molecule has 1 unspecified atom stereocenters. The van der Waals surface area contributed by atoms with Gasteiger partial charge in [-0.2, -0.15) is 0 Å². The number of hydrogen-bond acceptors (Lipinski definition) is 10. The number of hydrogen-bond donors (Lipinski definition) is 1. The SMILES string of the molecule is CC(C)(C)OC(=O)c1ccc(-c2ccc3cc(OCc4ccccc4)ccc3c2Oc2ccc(OCCN3CCN(c4ccc5c(c4)CN(C4CCC(=O)NC4=O)C5=O)CC3)cc2)cc1. The Balaban J connectivity index is 0.822. The van der Waals surface area contributed by atoms with Gasteiger partial charge in [-0.1, -0.05) is 48.5 Å². The predicted octanol–water partition coefficient (Wildman–Crippen LogP) is 8.80. The number of piperazine rings is 1. The molecule has 0 aliphatic carbocycles. The fourth-order valence-corrected chi connectivity index (χ4v) is 8.57. The number of ether oxygens (including phenoxy) is 4. The van der Waals surface area contributed by atoms with E-state index in [0.29, 0.717) is 48.8 Å². The Morgan fingerprint density at radius 2 is 1.46 bits per heavy atom. The van der Waals surface area contributed by atoms with Gasteiger partial charge in [-0.15, -0.1) is 0 Å². The average Bonchev–Trinajstić information content (AvgIpc) is 3.63. The second kappa shape index (κ2) is 18.5. The summed E-state index contributed by atoms with van der Waals surface area (Å²) in [5, 5.41) is 4.24. The second-order valence-electron chi connectivity index (χ2n) is 17.7. The molecule has 0 aromatic heterocycles. The summed E-state index contributed by atoms with van der Waals surface area (Å²) in [6, 6.07) is 40.5. The van der Waals surface area contributed by atoms with Crippen molar-refractivity contribution < 1.29 is 38.1 Å². The fourth-order valence-electron chi connectivity index (χ4n) is 8.57. The van der Waals surface area contributed by atoms with Crippen LogP contribution in [0, 0.1) is 0 Å². The lowest BCUT2D eigenvalue weighted by atomic mass is 9.98. The van der Waals surface area contributed by atoms with Crippen molar-refractivity contribution in [3.05, 3.63) is 150 Å². The third-order valence-electron chi connectivity index (χ3n) is 12.0. The third-order valence-corrected chi connectivity index (χ3v) is 12.0. The molecule has 6 aromatic rings. The number of rotatable bonds is 13. The molecule has 0 saturated carbocycles. The van der Waals surface area contributed by atoms with E-state index in [1.165, 1.54) is 0 Å². The van der Waals surface area contributed by atoms with Gasteiger partial charge in [-0.05, 0) is 128 Å². The first kappa shape index (κ1) is 43.1. The van der Waals surface area contributed by atoms with Gasteiger partial charge in [0, 0.05) is 67.9 Å². The highest BCUT2D eigenvalue weighted by atomic mass is 16.6. The lowest BCUT2D eigenvalue weighted by Crippen LogP contribution is -2.52. The predicted molar refractivity (Wildman–Crippen MR) is 248 cm³/mol. The van der Waals surface area contributed by atoms with Crippen LogP contribution in [-0.4, -0.2) is 84.5 Å². The summed E-state index contributed by atoms with van der Waals surface area (Å²) in [5.41, 5.74) is 5.32. The summed E-state index contributed by atoms with van der Waals surface area (Å²) < 4.78 is 24.7. The zero-order chi connectivity index (χ0) is 45.1. The molecule has 3 amide bonds. The number of amides is 3. The lowest BCUT2D eigenvalue weighted by molar-refractivity contribution is -0.136. The van der Waals surface area contributed by atoms with Crippen molar-refractivity contribution in [3.63, 3.8) is 0 Å². The second-order valence-corrected chi connectivity index (χ2v) is 17.7. The molecule has 2 saturated heterocycles. The number of anilines is 1. The van der Waals surface area contributed by atoms with E-state index in [0.717, 1.165) is 82.9 Å². The van der Waals surface area contributed by atoms with E-state index in [2.05, 4.69) is 27.2 Å². The van der Waals surface area contributed by atoms with Crippen LogP contribution in [0.1, 0.15) is 65.5 Å². The van der Waals surface area contributed by atoms with Crippen LogP contribution in [0.5, 0.6) is 23.0 Å². The minimum absolute atomic E-state index is 0.160. The van der Waals surface area contributed by atoms with Gasteiger partial charge in [0.2, 0.25) is 11.8 Å². The van der Waals surface area contributed by atoms with Crippen LogP contribution in [0.2, 0.25) is 0 Å². The van der Waals surface area contributed by atoms with Gasteiger partial charge in [-0.3, -0.25) is 24.6 Å². The van der Waals surface area contributed by atoms with Crippen molar-refractivity contribution in [2.45, 2.75) is 58.4 Å². The molecule has 0 spiro atoms. The number of piperidine rings is 1. The first-order valence-corrected chi connectivity index (χ1v) is 22.2. The maximum atomic E-state index is 13.2. The van der Waals surface area contributed by atoms with Crippen molar-refractivity contribution in [2.24, 2.45) is 0 Å². The highest BCUT2D eigenvalue weighted by Crippen LogP contribution is 2.41. The Bertz CT molecular complexity index is 2720. The molecule has 1 N–H and O–H groups in total. The number of carbonyl (C=O) groups is 4. The monoisotopic (exact) mass is 872 g/mol. The van der Waals surface area contributed by atoms with Gasteiger partial charge >= 0.3 is 5.97 Å². The van der Waals surface area contributed by atoms with E-state index < -0.39 is 17.6 Å². The summed E-state index contributed by atoms with van der Waals surface area (Å²) in [7, 11) is 0. The van der Waals surface area contributed by atoms with E-state index >= 15 is 0 Å². The van der Waals surface area contributed by atoms with Gasteiger partial charge in [0.05, 0.1) is 5.56 Å². The van der Waals surface area contributed by atoms with Crippen LogP contribution in [0.25, 0.3) is 21.9 Å². The number of benzene rings is 6. The highest BCUT2D eigenvalue weighted by molar-refractivity contribution is 6.05. The van der Waals surface area contributed by atoms with Crippen molar-refractivity contribution in [1.29, 1.82) is 0 Å². The first-order valence-electron chi connectivity index (χ1n) is 22.2. The summed E-state index contributed by atoms with van der Waals surface area (Å²) in [6.45, 7) is 11.1. The quantitative estimate of drug-likeness (QED) is 0.0889. The number of nitrogens with one attached hydrogen (secondary N) is 1. The summed E-state index contributed by atoms with van der Waals surface area (Å²) in [5.74, 6) is 1.60. The summed E-state index contributed by atoms with van der Waals surface area (Å²) >= 11 is 0. The minimum Gasteiger partial charge on any atom is -0.492 e. The fraction of sp³-hybridized carbons (Fsp3) is 0.283. The van der Waals surface area contributed by atoms with Gasteiger partial charge in [0.15, 0.2) is 0 Å². The molecule has 65 heavy (non-hydrogen) atoms. The largest absolute Gasteiger partial charge is 0.492 e. The molecule has 3 aliphatic rings. The number of imide groups is 1. The molecule has 12 heteroatoms. The maximum absolute atomic E-state index is 13.2. The first-order chi connectivity index (χ1) is 31.4. The zero-order valence-electron chi connectivity index (χ0n) is 36.9. The highest BCUT2D eigenvalue weighted by Gasteiger charge is 2.39. The van der Waals surface area contributed by atoms with E-state index in [1.54, 1.807) is 17.0 Å². The Labute approximate surface area is 378 Å². The van der Waals surface area contributed by atoms with Gasteiger partial charge < -0.3 is 28.7 Å². The number of nitrogens with zero attached hydrogens (tertiary/aromatic N) is 3. The molecular formula is C53H52N4O8.